The molecule has 0 radical (unpaired) electrons. The van der Waals surface area contributed by atoms with Crippen LogP contribution < -0.4 is 9.47 Å². The van der Waals surface area contributed by atoms with Gasteiger partial charge in [-0.3, -0.25) is 9.89 Å². The summed E-state index contributed by atoms with van der Waals surface area (Å²) in [6.45, 7) is 11.5. The van der Waals surface area contributed by atoms with Crippen molar-refractivity contribution >= 4 is 17.5 Å². The SMILES string of the molecule is C=CCN1C(=O)c2[nH]nc(-c3cc(Cl)ccc3O)c2C1c1ccc(OCCC(C)C)c(OCC)c1. The minimum Gasteiger partial charge on any atom is -0.507 e. The lowest BCUT2D eigenvalue weighted by molar-refractivity contribution is 0.0764. The number of halogens is 1. The number of nitrogens with one attached hydrogen (secondary N) is 1. The van der Waals surface area contributed by atoms with E-state index < -0.39 is 6.04 Å². The highest BCUT2D eigenvalue weighted by atomic mass is 35.5. The lowest BCUT2D eigenvalue weighted by Gasteiger charge is -2.26. The number of hydrogen-bond donors (Lipinski definition) is 2. The molecule has 0 aliphatic carbocycles. The number of carbonyl (C=O) groups is 1. The maximum Gasteiger partial charge on any atom is 0.273 e. The minimum atomic E-state index is -0.466. The molecule has 35 heavy (non-hydrogen) atoms. The highest BCUT2D eigenvalue weighted by molar-refractivity contribution is 6.31. The van der Waals surface area contributed by atoms with E-state index in [9.17, 15) is 9.90 Å². The first kappa shape index (κ1) is 24.7. The van der Waals surface area contributed by atoms with Gasteiger partial charge >= 0.3 is 0 Å². The Balaban J connectivity index is 1.81. The van der Waals surface area contributed by atoms with Gasteiger partial charge in [0.25, 0.3) is 5.91 Å². The molecule has 1 aliphatic heterocycles. The van der Waals surface area contributed by atoms with E-state index in [1.54, 1.807) is 23.1 Å². The van der Waals surface area contributed by atoms with E-state index in [0.717, 1.165) is 12.0 Å². The second-order valence-electron chi connectivity index (χ2n) is 8.84. The van der Waals surface area contributed by atoms with E-state index in [2.05, 4.69) is 30.6 Å². The first-order valence-electron chi connectivity index (χ1n) is 11.7. The third-order valence-corrected chi connectivity index (χ3v) is 6.17. The summed E-state index contributed by atoms with van der Waals surface area (Å²) in [5.41, 5.74) is 2.81. The van der Waals surface area contributed by atoms with Crippen LogP contribution in [0.5, 0.6) is 17.2 Å². The maximum absolute atomic E-state index is 13.3. The molecule has 0 spiro atoms. The van der Waals surface area contributed by atoms with Crippen molar-refractivity contribution in [2.45, 2.75) is 33.2 Å². The summed E-state index contributed by atoms with van der Waals surface area (Å²) >= 11 is 6.21. The third-order valence-electron chi connectivity index (χ3n) is 5.94. The monoisotopic (exact) mass is 495 g/mol. The molecular formula is C27H30ClN3O4. The quantitative estimate of drug-likeness (QED) is 0.337. The van der Waals surface area contributed by atoms with Gasteiger partial charge in [-0.15, -0.1) is 6.58 Å². The predicted octanol–water partition coefficient (Wildman–Crippen LogP) is 5.99. The summed E-state index contributed by atoms with van der Waals surface area (Å²) in [6.07, 6.45) is 2.62. The number of hydrogen-bond acceptors (Lipinski definition) is 5. The number of nitrogens with zero attached hydrogens (tertiary/aromatic N) is 2. The van der Waals surface area contributed by atoms with Crippen molar-refractivity contribution in [2.24, 2.45) is 5.92 Å². The number of phenols is 1. The molecule has 4 rings (SSSR count). The van der Waals surface area contributed by atoms with Crippen molar-refractivity contribution < 1.29 is 19.4 Å². The molecule has 1 aromatic heterocycles. The lowest BCUT2D eigenvalue weighted by Crippen LogP contribution is -2.29. The second kappa shape index (κ2) is 10.4. The molecule has 0 saturated carbocycles. The van der Waals surface area contributed by atoms with Gasteiger partial charge in [-0.2, -0.15) is 5.10 Å². The zero-order valence-corrected chi connectivity index (χ0v) is 20.9. The molecule has 0 fully saturated rings. The van der Waals surface area contributed by atoms with Gasteiger partial charge in [-0.25, -0.2) is 0 Å². The highest BCUT2D eigenvalue weighted by Gasteiger charge is 2.42. The number of aromatic hydroxyl groups is 1. The van der Waals surface area contributed by atoms with Crippen LogP contribution in [-0.2, 0) is 0 Å². The van der Waals surface area contributed by atoms with E-state index in [1.807, 2.05) is 25.1 Å². The number of aromatic amines is 1. The first-order chi connectivity index (χ1) is 16.8. The van der Waals surface area contributed by atoms with Gasteiger partial charge in [0.05, 0.1) is 19.3 Å². The van der Waals surface area contributed by atoms with Crippen molar-refractivity contribution in [3.8, 4) is 28.5 Å². The Labute approximate surface area is 210 Å². The second-order valence-corrected chi connectivity index (χ2v) is 9.28. The summed E-state index contributed by atoms with van der Waals surface area (Å²) in [4.78, 5) is 15.0. The number of benzene rings is 2. The van der Waals surface area contributed by atoms with Gasteiger partial charge in [0.1, 0.15) is 17.1 Å². The number of phenolic OH excluding ortho intramolecular Hbond substituents is 1. The number of fused-ring (bicyclic) bond motifs is 1. The van der Waals surface area contributed by atoms with E-state index in [4.69, 9.17) is 21.1 Å². The highest BCUT2D eigenvalue weighted by Crippen LogP contribution is 2.46. The van der Waals surface area contributed by atoms with E-state index in [0.29, 0.717) is 64.7 Å². The number of ether oxygens (including phenoxy) is 2. The fourth-order valence-electron chi connectivity index (χ4n) is 4.26. The summed E-state index contributed by atoms with van der Waals surface area (Å²) in [7, 11) is 0. The molecule has 2 N–H and O–H groups in total. The van der Waals surface area contributed by atoms with Crippen LogP contribution in [0, 0.1) is 5.92 Å². The standard InChI is InChI=1S/C27H30ClN3O4/c1-5-12-31-26(17-7-10-21(22(14-17)34-6-2)35-13-11-16(3)4)23-24(29-30-25(23)27(31)33)19-15-18(28)8-9-20(19)32/h5,7-10,14-16,26,32H,1,6,11-13H2,2-4H3,(H,29,30). The maximum atomic E-state index is 13.3. The fourth-order valence-corrected chi connectivity index (χ4v) is 4.43. The van der Waals surface area contributed by atoms with E-state index in [1.165, 1.54) is 6.07 Å². The molecule has 0 bridgehead atoms. The Bertz CT molecular complexity index is 1240. The molecule has 0 saturated heterocycles. The van der Waals surface area contributed by atoms with Crippen LogP contribution in [0.25, 0.3) is 11.3 Å². The molecule has 1 aliphatic rings. The fraction of sp³-hybridized carbons (Fsp3) is 0.333. The zero-order chi connectivity index (χ0) is 25.1. The van der Waals surface area contributed by atoms with Gasteiger partial charge < -0.3 is 19.5 Å². The smallest absolute Gasteiger partial charge is 0.273 e. The van der Waals surface area contributed by atoms with Gasteiger partial charge in [0, 0.05) is 22.7 Å². The lowest BCUT2D eigenvalue weighted by atomic mass is 9.95. The van der Waals surface area contributed by atoms with Gasteiger partial charge in [-0.05, 0) is 55.2 Å². The summed E-state index contributed by atoms with van der Waals surface area (Å²) < 4.78 is 11.9. The number of H-pyrrole nitrogens is 1. The topological polar surface area (TPSA) is 87.7 Å². The first-order valence-corrected chi connectivity index (χ1v) is 12.1. The zero-order valence-electron chi connectivity index (χ0n) is 20.2. The van der Waals surface area contributed by atoms with Crippen molar-refractivity contribution in [1.82, 2.24) is 15.1 Å². The summed E-state index contributed by atoms with van der Waals surface area (Å²) in [6, 6.07) is 10.0. The van der Waals surface area contributed by atoms with Crippen LogP contribution in [0.4, 0.5) is 0 Å². The molecule has 1 amide bonds. The van der Waals surface area contributed by atoms with Crippen LogP contribution in [0.3, 0.4) is 0 Å². The molecule has 8 heteroatoms. The van der Waals surface area contributed by atoms with Crippen LogP contribution in [0.1, 0.15) is 54.8 Å². The van der Waals surface area contributed by atoms with Crippen molar-refractivity contribution in [3.63, 3.8) is 0 Å². The van der Waals surface area contributed by atoms with Crippen LogP contribution in [0.15, 0.2) is 49.1 Å². The molecule has 184 valence electrons. The largest absolute Gasteiger partial charge is 0.507 e. The predicted molar refractivity (Wildman–Crippen MR) is 136 cm³/mol. The van der Waals surface area contributed by atoms with Crippen LogP contribution in [-0.4, -0.2) is 45.9 Å². The average molecular weight is 496 g/mol. The molecule has 1 unspecified atom stereocenters. The van der Waals surface area contributed by atoms with Gasteiger partial charge in [-0.1, -0.05) is 37.6 Å². The number of rotatable bonds is 10. The molecule has 2 aromatic carbocycles. The minimum absolute atomic E-state index is 0.0287. The van der Waals surface area contributed by atoms with E-state index >= 15 is 0 Å². The Kier molecular flexibility index (Phi) is 7.36. The summed E-state index contributed by atoms with van der Waals surface area (Å²) in [5, 5.41) is 18.3. The average Bonchev–Trinajstić information content (AvgIpc) is 3.36. The van der Waals surface area contributed by atoms with Gasteiger partial charge in [0.15, 0.2) is 11.5 Å². The molecular weight excluding hydrogens is 466 g/mol. The Morgan fingerprint density at radius 2 is 2.03 bits per heavy atom. The normalized spacial score (nSPS) is 14.9. The third kappa shape index (κ3) is 4.86. The Morgan fingerprint density at radius 3 is 2.74 bits per heavy atom. The van der Waals surface area contributed by atoms with Crippen molar-refractivity contribution in [1.29, 1.82) is 0 Å². The van der Waals surface area contributed by atoms with Crippen molar-refractivity contribution in [2.75, 3.05) is 19.8 Å². The Hall–Kier alpha value is -3.45. The van der Waals surface area contributed by atoms with E-state index in [-0.39, 0.29) is 11.7 Å². The Morgan fingerprint density at radius 1 is 1.23 bits per heavy atom. The number of aromatic nitrogens is 2. The molecule has 7 nitrogen and oxygen atoms in total. The summed E-state index contributed by atoms with van der Waals surface area (Å²) in [5.74, 6) is 1.64. The van der Waals surface area contributed by atoms with Crippen molar-refractivity contribution in [3.05, 3.63) is 70.9 Å². The molecule has 1 atom stereocenters. The van der Waals surface area contributed by atoms with Crippen LogP contribution >= 0.6 is 11.6 Å². The van der Waals surface area contributed by atoms with Gasteiger partial charge in [0.2, 0.25) is 0 Å². The molecule has 3 aromatic rings. The number of carbonyl (C=O) groups excluding carboxylic acids is 1. The van der Waals surface area contributed by atoms with Crippen LogP contribution in [0.2, 0.25) is 5.02 Å². The molecule has 2 heterocycles. The number of amides is 1.